The molecule has 0 nitrogen and oxygen atoms in total. The summed E-state index contributed by atoms with van der Waals surface area (Å²) in [7, 11) is -1.57. The first-order chi connectivity index (χ1) is 9.54. The summed E-state index contributed by atoms with van der Waals surface area (Å²) in [6, 6.07) is 0. The standard InChI is InChI=1S/C18H27SSi.2ClH.Ti/c1-5-6-15-19-18(14-10-9-11-16(18)2)20(3,4)17-12-7-8-13-17;;;/h7,9-12H,5-6,8,14-15H2,1-4H3;2*1H;/q-1;;;+3/p-2. The minimum atomic E-state index is -1.57. The van der Waals surface area contributed by atoms with Gasteiger partial charge in [-0.3, -0.25) is 6.08 Å². The molecule has 2 aliphatic carbocycles. The second-order valence-electron chi connectivity index (χ2n) is 6.33. The number of rotatable bonds is 6. The molecule has 0 fully saturated rings. The maximum Gasteiger partial charge on any atom is 3.00 e. The van der Waals surface area contributed by atoms with Crippen LogP contribution >= 0.6 is 11.8 Å². The average Bonchev–Trinajstić information content (AvgIpc) is 2.96. The smallest absolute Gasteiger partial charge is 1.00 e. The Hall–Kier alpha value is 0.821. The molecule has 5 heteroatoms. The molecule has 127 valence electrons. The third-order valence-corrected chi connectivity index (χ3v) is 12.5. The van der Waals surface area contributed by atoms with Crippen LogP contribution in [0.1, 0.15) is 39.5 Å². The minimum absolute atomic E-state index is 0. The van der Waals surface area contributed by atoms with Crippen molar-refractivity contribution >= 4 is 19.8 Å². The van der Waals surface area contributed by atoms with Crippen molar-refractivity contribution in [2.45, 2.75) is 57.0 Å². The van der Waals surface area contributed by atoms with E-state index in [0.717, 1.165) is 6.42 Å². The van der Waals surface area contributed by atoms with Gasteiger partial charge in [0.25, 0.3) is 0 Å². The molecule has 23 heavy (non-hydrogen) atoms. The van der Waals surface area contributed by atoms with E-state index in [9.17, 15) is 0 Å². The van der Waals surface area contributed by atoms with Crippen molar-refractivity contribution in [2.75, 3.05) is 5.75 Å². The van der Waals surface area contributed by atoms with Gasteiger partial charge in [-0.05, 0) is 25.5 Å². The Bertz CT molecular complexity index is 483. The van der Waals surface area contributed by atoms with E-state index in [1.807, 2.05) is 0 Å². The number of hydrogen-bond donors (Lipinski definition) is 0. The molecule has 1 atom stereocenters. The summed E-state index contributed by atoms with van der Waals surface area (Å²) in [5.74, 6) is 1.28. The van der Waals surface area contributed by atoms with Crippen molar-refractivity contribution in [2.24, 2.45) is 0 Å². The minimum Gasteiger partial charge on any atom is -1.00 e. The van der Waals surface area contributed by atoms with Crippen LogP contribution in [0.5, 0.6) is 0 Å². The van der Waals surface area contributed by atoms with E-state index >= 15 is 0 Å². The molecule has 2 rings (SSSR count). The van der Waals surface area contributed by atoms with Gasteiger partial charge in [0, 0.05) is 4.37 Å². The summed E-state index contributed by atoms with van der Waals surface area (Å²) < 4.78 is 0.327. The van der Waals surface area contributed by atoms with Crippen molar-refractivity contribution in [3.63, 3.8) is 0 Å². The van der Waals surface area contributed by atoms with Crippen molar-refractivity contribution in [3.05, 3.63) is 47.2 Å². The van der Waals surface area contributed by atoms with Crippen molar-refractivity contribution < 1.29 is 46.5 Å². The quantitative estimate of drug-likeness (QED) is 0.321. The molecular weight excluding hydrogens is 395 g/mol. The Balaban J connectivity index is 0. The Morgan fingerprint density at radius 2 is 1.96 bits per heavy atom. The van der Waals surface area contributed by atoms with Gasteiger partial charge in [-0.25, -0.2) is 11.3 Å². The Labute approximate surface area is 175 Å². The van der Waals surface area contributed by atoms with Crippen molar-refractivity contribution in [3.8, 4) is 0 Å². The molecule has 1 unspecified atom stereocenters. The number of halogens is 2. The summed E-state index contributed by atoms with van der Waals surface area (Å²) in [6.07, 6.45) is 20.0. The number of allylic oxidation sites excluding steroid dienone is 7. The third kappa shape index (κ3) is 5.40. The van der Waals surface area contributed by atoms with Gasteiger partial charge < -0.3 is 24.8 Å². The van der Waals surface area contributed by atoms with Crippen molar-refractivity contribution in [1.82, 2.24) is 0 Å². The van der Waals surface area contributed by atoms with Crippen LogP contribution in [-0.2, 0) is 21.7 Å². The molecule has 0 aromatic heterocycles. The van der Waals surface area contributed by atoms with E-state index in [-0.39, 0.29) is 46.5 Å². The van der Waals surface area contributed by atoms with Crippen molar-refractivity contribution in [1.29, 1.82) is 0 Å². The van der Waals surface area contributed by atoms with E-state index < -0.39 is 8.07 Å². The van der Waals surface area contributed by atoms with Gasteiger partial charge >= 0.3 is 21.7 Å². The molecule has 2 aliphatic rings. The number of thioether (sulfide) groups is 1. The summed E-state index contributed by atoms with van der Waals surface area (Å²) >= 11 is 2.22. The van der Waals surface area contributed by atoms with Crippen LogP contribution in [-0.4, -0.2) is 18.2 Å². The molecular formula is C18H27Cl2SSiTi. The zero-order chi connectivity index (χ0) is 14.6. The van der Waals surface area contributed by atoms with Crippen LogP contribution in [0.2, 0.25) is 13.1 Å². The number of unbranched alkanes of at least 4 members (excludes halogenated alkanes) is 1. The monoisotopic (exact) mass is 421 g/mol. The molecule has 0 heterocycles. The van der Waals surface area contributed by atoms with Gasteiger partial charge in [0.15, 0.2) is 0 Å². The van der Waals surface area contributed by atoms with Gasteiger partial charge in [-0.15, -0.1) is 6.42 Å². The first kappa shape index (κ1) is 26.1. The molecule has 0 bridgehead atoms. The number of hydrogen-bond acceptors (Lipinski definition) is 1. The fraction of sp³-hybridized carbons (Fsp3) is 0.556. The van der Waals surface area contributed by atoms with Gasteiger partial charge in [0.2, 0.25) is 0 Å². The largest absolute Gasteiger partial charge is 3.00 e. The van der Waals surface area contributed by atoms with E-state index in [2.05, 4.69) is 75.2 Å². The summed E-state index contributed by atoms with van der Waals surface area (Å²) in [4.78, 5) is 0. The molecule has 0 spiro atoms. The SMILES string of the molecule is CCCCSC1([Si](C)(C)C2=[C-]CC=C2)CC=CC=C1C.[Cl-].[Cl-].[Ti+3]. The van der Waals surface area contributed by atoms with Crippen LogP contribution < -0.4 is 24.8 Å². The third-order valence-electron chi connectivity index (χ3n) is 4.75. The van der Waals surface area contributed by atoms with Gasteiger partial charge in [0.1, 0.15) is 0 Å². The zero-order valence-corrected chi connectivity index (χ0v) is 19.5. The van der Waals surface area contributed by atoms with E-state index in [1.54, 1.807) is 5.57 Å². The molecule has 0 aliphatic heterocycles. The normalized spacial score (nSPS) is 22.4. The summed E-state index contributed by atoms with van der Waals surface area (Å²) in [5.41, 5.74) is 1.58. The van der Waals surface area contributed by atoms with Gasteiger partial charge in [-0.1, -0.05) is 50.2 Å². The average molecular weight is 422 g/mol. The molecule has 1 radical (unpaired) electrons. The van der Waals surface area contributed by atoms with Crippen LogP contribution in [0, 0.1) is 6.08 Å². The maximum absolute atomic E-state index is 3.63. The predicted molar refractivity (Wildman–Crippen MR) is 95.6 cm³/mol. The Kier molecular flexibility index (Phi) is 13.0. The van der Waals surface area contributed by atoms with E-state index in [0.29, 0.717) is 4.37 Å². The predicted octanol–water partition coefficient (Wildman–Crippen LogP) is -0.354. The van der Waals surface area contributed by atoms with Crippen LogP contribution in [0.3, 0.4) is 0 Å². The molecule has 0 saturated carbocycles. The second kappa shape index (κ2) is 11.4. The fourth-order valence-corrected chi connectivity index (χ4v) is 9.87. The van der Waals surface area contributed by atoms with E-state index in [4.69, 9.17) is 0 Å². The van der Waals surface area contributed by atoms with E-state index in [1.165, 1.54) is 30.2 Å². The molecule has 0 aromatic carbocycles. The molecule has 0 N–H and O–H groups in total. The first-order valence-corrected chi connectivity index (χ1v) is 11.8. The first-order valence-electron chi connectivity index (χ1n) is 7.80. The molecule has 0 aromatic rings. The molecule has 0 saturated heterocycles. The van der Waals surface area contributed by atoms with Gasteiger partial charge in [0.05, 0.1) is 8.07 Å². The summed E-state index contributed by atoms with van der Waals surface area (Å²) in [6.45, 7) is 9.71. The second-order valence-corrected chi connectivity index (χ2v) is 12.7. The van der Waals surface area contributed by atoms with Crippen LogP contribution in [0.25, 0.3) is 0 Å². The fourth-order valence-electron chi connectivity index (χ4n) is 3.29. The summed E-state index contributed by atoms with van der Waals surface area (Å²) in [5, 5.41) is 1.53. The van der Waals surface area contributed by atoms with Crippen LogP contribution in [0.4, 0.5) is 0 Å². The maximum atomic E-state index is 3.63. The van der Waals surface area contributed by atoms with Crippen LogP contribution in [0.15, 0.2) is 41.1 Å². The zero-order valence-electron chi connectivity index (χ0n) is 14.6. The Morgan fingerprint density at radius 3 is 2.48 bits per heavy atom. The molecule has 0 amide bonds. The van der Waals surface area contributed by atoms with Gasteiger partial charge in [-0.2, -0.15) is 17.8 Å². The Morgan fingerprint density at radius 1 is 1.26 bits per heavy atom. The topological polar surface area (TPSA) is 0 Å².